The Kier molecular flexibility index (Phi) is 4.37. The van der Waals surface area contributed by atoms with Gasteiger partial charge in [-0.15, -0.1) is 0 Å². The van der Waals surface area contributed by atoms with Crippen molar-refractivity contribution < 1.29 is 21.7 Å². The van der Waals surface area contributed by atoms with Crippen LogP contribution in [0.1, 0.15) is 17.5 Å². The van der Waals surface area contributed by atoms with Crippen LogP contribution in [0.15, 0.2) is 47.4 Å². The second kappa shape index (κ2) is 6.29. The molecule has 1 aliphatic rings. The van der Waals surface area contributed by atoms with E-state index >= 15 is 0 Å². The summed E-state index contributed by atoms with van der Waals surface area (Å²) in [5.74, 6) is 0.281. The maximum absolute atomic E-state index is 13.2. The third kappa shape index (κ3) is 3.71. The Bertz CT molecular complexity index is 800. The Labute approximate surface area is 135 Å². The Morgan fingerprint density at radius 1 is 1.22 bits per heavy atom. The molecule has 1 heterocycles. The minimum absolute atomic E-state index is 0.0625. The zero-order chi connectivity index (χ0) is 16.4. The highest BCUT2D eigenvalue weighted by atomic mass is 32.2. The second-order valence-electron chi connectivity index (χ2n) is 5.58. The molecule has 2 aromatic rings. The molecule has 0 N–H and O–H groups in total. The van der Waals surface area contributed by atoms with Crippen molar-refractivity contribution in [3.63, 3.8) is 0 Å². The first-order valence-electron chi connectivity index (χ1n) is 7.35. The number of benzene rings is 2. The van der Waals surface area contributed by atoms with E-state index in [-0.39, 0.29) is 23.4 Å². The van der Waals surface area contributed by atoms with Crippen LogP contribution < -0.4 is 4.74 Å². The van der Waals surface area contributed by atoms with Crippen LogP contribution in [-0.4, -0.2) is 21.1 Å². The Morgan fingerprint density at radius 2 is 1.96 bits per heavy atom. The largest absolute Gasteiger partial charge is 0.488 e. The van der Waals surface area contributed by atoms with Gasteiger partial charge in [-0.3, -0.25) is 4.18 Å². The number of hydrogen-bond donors (Lipinski definition) is 0. The van der Waals surface area contributed by atoms with E-state index in [1.165, 1.54) is 24.3 Å². The number of hydrogen-bond acceptors (Lipinski definition) is 4. The molecule has 4 nitrogen and oxygen atoms in total. The van der Waals surface area contributed by atoms with E-state index < -0.39 is 10.1 Å². The van der Waals surface area contributed by atoms with Crippen molar-refractivity contribution in [2.75, 3.05) is 6.61 Å². The molecule has 23 heavy (non-hydrogen) atoms. The third-order valence-corrected chi connectivity index (χ3v) is 5.07. The molecule has 0 amide bonds. The van der Waals surface area contributed by atoms with Crippen LogP contribution in [-0.2, 0) is 20.7 Å². The lowest BCUT2D eigenvalue weighted by Crippen LogP contribution is -2.29. The van der Waals surface area contributed by atoms with Gasteiger partial charge in [-0.2, -0.15) is 8.42 Å². The molecule has 1 atom stereocenters. The predicted molar refractivity (Wildman–Crippen MR) is 83.5 cm³/mol. The summed E-state index contributed by atoms with van der Waals surface area (Å²) < 4.78 is 48.2. The maximum atomic E-state index is 13.2. The molecule has 6 heteroatoms. The van der Waals surface area contributed by atoms with E-state index in [1.807, 2.05) is 6.92 Å². The number of ether oxygens (including phenoxy) is 1. The number of rotatable bonds is 4. The summed E-state index contributed by atoms with van der Waals surface area (Å²) in [6.45, 7) is 1.82. The van der Waals surface area contributed by atoms with Crippen LogP contribution in [0.5, 0.6) is 5.75 Å². The monoisotopic (exact) mass is 336 g/mol. The van der Waals surface area contributed by atoms with E-state index in [0.717, 1.165) is 11.1 Å². The first kappa shape index (κ1) is 16.0. The molecule has 0 radical (unpaired) electrons. The summed E-state index contributed by atoms with van der Waals surface area (Å²) in [6, 6.07) is 10.8. The summed E-state index contributed by atoms with van der Waals surface area (Å²) in [4.78, 5) is 0.126. The van der Waals surface area contributed by atoms with Gasteiger partial charge in [0.2, 0.25) is 0 Å². The van der Waals surface area contributed by atoms with Gasteiger partial charge in [0.1, 0.15) is 24.3 Å². The van der Waals surface area contributed by atoms with Gasteiger partial charge in [0, 0.05) is 0 Å². The van der Waals surface area contributed by atoms with Crippen molar-refractivity contribution in [2.24, 2.45) is 0 Å². The lowest BCUT2D eigenvalue weighted by Gasteiger charge is -2.25. The van der Waals surface area contributed by atoms with Crippen molar-refractivity contribution in [2.45, 2.75) is 30.8 Å². The average Bonchev–Trinajstić information content (AvgIpc) is 2.53. The van der Waals surface area contributed by atoms with Gasteiger partial charge in [-0.1, -0.05) is 17.7 Å². The van der Waals surface area contributed by atoms with E-state index in [0.29, 0.717) is 18.6 Å². The second-order valence-corrected chi connectivity index (χ2v) is 7.20. The third-order valence-electron chi connectivity index (χ3n) is 3.77. The van der Waals surface area contributed by atoms with Gasteiger partial charge in [0.05, 0.1) is 4.90 Å². The van der Waals surface area contributed by atoms with Crippen LogP contribution in [0.4, 0.5) is 4.39 Å². The lowest BCUT2D eigenvalue weighted by molar-refractivity contribution is 0.112. The molecule has 3 rings (SSSR count). The minimum atomic E-state index is -3.80. The normalized spacial score (nSPS) is 17.4. The molecule has 0 bridgehead atoms. The molecular formula is C17H17FO4S. The molecule has 0 spiro atoms. The minimum Gasteiger partial charge on any atom is -0.488 e. The SMILES string of the molecule is Cc1ccc(S(=O)(=O)OCC2CCc3cc(F)ccc3O2)cc1. The summed E-state index contributed by atoms with van der Waals surface area (Å²) >= 11 is 0. The Morgan fingerprint density at radius 3 is 2.70 bits per heavy atom. The van der Waals surface area contributed by atoms with Crippen molar-refractivity contribution >= 4 is 10.1 Å². The van der Waals surface area contributed by atoms with Crippen molar-refractivity contribution in [1.82, 2.24) is 0 Å². The van der Waals surface area contributed by atoms with Gasteiger partial charge in [-0.25, -0.2) is 4.39 Å². The number of fused-ring (bicyclic) bond motifs is 1. The molecule has 0 saturated heterocycles. The molecule has 2 aromatic carbocycles. The molecule has 1 aliphatic heterocycles. The highest BCUT2D eigenvalue weighted by Crippen LogP contribution is 2.28. The fraction of sp³-hybridized carbons (Fsp3) is 0.294. The van der Waals surface area contributed by atoms with Crippen LogP contribution in [0, 0.1) is 12.7 Å². The van der Waals surface area contributed by atoms with Crippen LogP contribution >= 0.6 is 0 Å². The van der Waals surface area contributed by atoms with Crippen molar-refractivity contribution in [3.05, 3.63) is 59.4 Å². The van der Waals surface area contributed by atoms with Crippen molar-refractivity contribution in [1.29, 1.82) is 0 Å². The first-order chi connectivity index (χ1) is 10.9. The van der Waals surface area contributed by atoms with Crippen LogP contribution in [0.3, 0.4) is 0 Å². The maximum Gasteiger partial charge on any atom is 0.297 e. The molecule has 0 aromatic heterocycles. The zero-order valence-corrected chi connectivity index (χ0v) is 13.5. The molecule has 122 valence electrons. The topological polar surface area (TPSA) is 52.6 Å². The Balaban J connectivity index is 1.65. The molecular weight excluding hydrogens is 319 g/mol. The van der Waals surface area contributed by atoms with Crippen molar-refractivity contribution in [3.8, 4) is 5.75 Å². The highest BCUT2D eigenvalue weighted by molar-refractivity contribution is 7.86. The van der Waals surface area contributed by atoms with Gasteiger partial charge in [-0.05, 0) is 55.7 Å². The summed E-state index contributed by atoms with van der Waals surface area (Å²) in [5.41, 5.74) is 1.77. The van der Waals surface area contributed by atoms with Gasteiger partial charge >= 0.3 is 0 Å². The van der Waals surface area contributed by atoms with Gasteiger partial charge in [0.25, 0.3) is 10.1 Å². The molecule has 0 saturated carbocycles. The van der Waals surface area contributed by atoms with E-state index in [9.17, 15) is 12.8 Å². The van der Waals surface area contributed by atoms with Crippen LogP contribution in [0.25, 0.3) is 0 Å². The fourth-order valence-corrected chi connectivity index (χ4v) is 3.41. The zero-order valence-electron chi connectivity index (χ0n) is 12.7. The smallest absolute Gasteiger partial charge is 0.297 e. The van der Waals surface area contributed by atoms with E-state index in [1.54, 1.807) is 18.2 Å². The number of halogens is 1. The van der Waals surface area contributed by atoms with Crippen LogP contribution in [0.2, 0.25) is 0 Å². The summed E-state index contributed by atoms with van der Waals surface area (Å²) in [7, 11) is -3.80. The fourth-order valence-electron chi connectivity index (χ4n) is 2.47. The summed E-state index contributed by atoms with van der Waals surface area (Å²) in [5, 5.41) is 0. The van der Waals surface area contributed by atoms with Gasteiger partial charge < -0.3 is 4.74 Å². The Hall–Kier alpha value is -1.92. The predicted octanol–water partition coefficient (Wildman–Crippen LogP) is 3.23. The molecule has 0 fully saturated rings. The quantitative estimate of drug-likeness (QED) is 0.805. The first-order valence-corrected chi connectivity index (χ1v) is 8.76. The lowest BCUT2D eigenvalue weighted by atomic mass is 10.0. The van der Waals surface area contributed by atoms with E-state index in [4.69, 9.17) is 8.92 Å². The summed E-state index contributed by atoms with van der Waals surface area (Å²) in [6.07, 6.45) is 0.846. The van der Waals surface area contributed by atoms with Gasteiger partial charge in [0.15, 0.2) is 0 Å². The number of aryl methyl sites for hydroxylation is 2. The standard InChI is InChI=1S/C17H17FO4S/c1-12-2-7-16(8-3-12)23(19,20)21-11-15-6-4-13-10-14(18)5-9-17(13)22-15/h2-3,5,7-10,15H,4,6,11H2,1H3. The highest BCUT2D eigenvalue weighted by Gasteiger charge is 2.24. The van der Waals surface area contributed by atoms with E-state index in [2.05, 4.69) is 0 Å². The average molecular weight is 336 g/mol. The molecule has 1 unspecified atom stereocenters. The molecule has 0 aliphatic carbocycles.